The van der Waals surface area contributed by atoms with Gasteiger partial charge in [0, 0.05) is 5.92 Å². The lowest BCUT2D eigenvalue weighted by atomic mass is 10.1. The summed E-state index contributed by atoms with van der Waals surface area (Å²) in [5.41, 5.74) is 0. The molecule has 0 saturated heterocycles. The number of halogens is 1. The van der Waals surface area contributed by atoms with Crippen LogP contribution in [0.25, 0.3) is 0 Å². The predicted molar refractivity (Wildman–Crippen MR) is 61.6 cm³/mol. The number of ether oxygens (including phenoxy) is 1. The van der Waals surface area contributed by atoms with E-state index in [-0.39, 0.29) is 17.6 Å². The van der Waals surface area contributed by atoms with Crippen LogP contribution >= 0.6 is 15.9 Å². The molecule has 0 bridgehead atoms. The van der Waals surface area contributed by atoms with E-state index in [9.17, 15) is 9.90 Å². The smallest absolute Gasteiger partial charge is 0.306 e. The van der Waals surface area contributed by atoms with Gasteiger partial charge in [-0.25, -0.2) is 0 Å². The molecule has 0 radical (unpaired) electrons. The molecule has 15 heavy (non-hydrogen) atoms. The highest BCUT2D eigenvalue weighted by atomic mass is 79.9. The molecule has 0 aromatic heterocycles. The molecule has 1 N–H and O–H groups in total. The van der Waals surface area contributed by atoms with Crippen LogP contribution in [0.3, 0.4) is 0 Å². The number of allylic oxidation sites excluding steroid dienone is 5. The van der Waals surface area contributed by atoms with E-state index in [0.29, 0.717) is 17.5 Å². The first kappa shape index (κ1) is 12.0. The minimum absolute atomic E-state index is 0.0423. The van der Waals surface area contributed by atoms with Crippen LogP contribution in [-0.4, -0.2) is 17.7 Å². The van der Waals surface area contributed by atoms with E-state index in [1.807, 2.05) is 6.08 Å². The van der Waals surface area contributed by atoms with Crippen molar-refractivity contribution in [2.75, 3.05) is 6.61 Å². The van der Waals surface area contributed by atoms with Gasteiger partial charge >= 0.3 is 5.97 Å². The number of carbonyl (C=O) groups is 1. The molecule has 1 aliphatic carbocycles. The van der Waals surface area contributed by atoms with Crippen molar-refractivity contribution >= 4 is 21.9 Å². The van der Waals surface area contributed by atoms with Gasteiger partial charge in [-0.2, -0.15) is 0 Å². The molecule has 0 heterocycles. The maximum Gasteiger partial charge on any atom is 0.306 e. The lowest BCUT2D eigenvalue weighted by molar-refractivity contribution is -0.143. The fourth-order valence-corrected chi connectivity index (χ4v) is 1.71. The molecule has 0 saturated carbocycles. The van der Waals surface area contributed by atoms with Gasteiger partial charge in [0.1, 0.15) is 5.76 Å². The van der Waals surface area contributed by atoms with Gasteiger partial charge in [-0.3, -0.25) is 4.79 Å². The fraction of sp³-hybridized carbons (Fsp3) is 0.364. The molecule has 0 aromatic rings. The quantitative estimate of drug-likeness (QED) is 0.804. The monoisotopic (exact) mass is 272 g/mol. The van der Waals surface area contributed by atoms with Crippen molar-refractivity contribution < 1.29 is 14.6 Å². The second-order valence-electron chi connectivity index (χ2n) is 3.12. The Kier molecular flexibility index (Phi) is 4.62. The lowest BCUT2D eigenvalue weighted by Crippen LogP contribution is -2.08. The van der Waals surface area contributed by atoms with E-state index in [4.69, 9.17) is 4.74 Å². The number of hydrogen-bond acceptors (Lipinski definition) is 3. The molecular weight excluding hydrogens is 260 g/mol. The van der Waals surface area contributed by atoms with Crippen molar-refractivity contribution in [3.05, 3.63) is 34.5 Å². The van der Waals surface area contributed by atoms with Gasteiger partial charge in [0.25, 0.3) is 0 Å². The van der Waals surface area contributed by atoms with E-state index in [0.717, 1.165) is 0 Å². The van der Waals surface area contributed by atoms with E-state index in [1.54, 1.807) is 25.2 Å². The van der Waals surface area contributed by atoms with Gasteiger partial charge in [-0.1, -0.05) is 18.2 Å². The summed E-state index contributed by atoms with van der Waals surface area (Å²) in [6, 6.07) is 0. The summed E-state index contributed by atoms with van der Waals surface area (Å²) < 4.78 is 5.45. The SMILES string of the molecule is CCOC(=O)CC1C=CC=C(O)C(Br)=C1. The second kappa shape index (κ2) is 5.75. The first-order valence-electron chi connectivity index (χ1n) is 4.74. The van der Waals surface area contributed by atoms with Crippen molar-refractivity contribution in [3.8, 4) is 0 Å². The van der Waals surface area contributed by atoms with Crippen molar-refractivity contribution in [1.82, 2.24) is 0 Å². The summed E-state index contributed by atoms with van der Waals surface area (Å²) in [6.07, 6.45) is 7.23. The standard InChI is InChI=1S/C11H13BrO3/c1-2-15-11(14)7-8-4-3-5-10(13)9(12)6-8/h3-6,8,13H,2,7H2,1H3. The molecule has 0 aliphatic heterocycles. The minimum atomic E-state index is -0.231. The van der Waals surface area contributed by atoms with Crippen LogP contribution in [0.15, 0.2) is 34.5 Å². The molecule has 1 unspecified atom stereocenters. The Hall–Kier alpha value is -1.03. The van der Waals surface area contributed by atoms with Gasteiger partial charge in [-0.15, -0.1) is 0 Å². The molecule has 0 aromatic carbocycles. The van der Waals surface area contributed by atoms with Crippen LogP contribution in [0.1, 0.15) is 13.3 Å². The Bertz CT molecular complexity index is 329. The normalized spacial score (nSPS) is 20.3. The number of aliphatic hydroxyl groups is 1. The summed E-state index contributed by atoms with van der Waals surface area (Å²) in [7, 11) is 0. The van der Waals surface area contributed by atoms with Crippen LogP contribution < -0.4 is 0 Å². The van der Waals surface area contributed by atoms with E-state index in [1.165, 1.54) is 0 Å². The van der Waals surface area contributed by atoms with Crippen LogP contribution in [-0.2, 0) is 9.53 Å². The van der Waals surface area contributed by atoms with Crippen LogP contribution in [0.2, 0.25) is 0 Å². The predicted octanol–water partition coefficient (Wildman–Crippen LogP) is 2.85. The molecular formula is C11H13BrO3. The molecule has 1 aliphatic rings. The number of carbonyl (C=O) groups excluding carboxylic acids is 1. The average Bonchev–Trinajstić information content (AvgIpc) is 2.30. The molecule has 0 amide bonds. The van der Waals surface area contributed by atoms with Crippen molar-refractivity contribution in [2.45, 2.75) is 13.3 Å². The Morgan fingerprint density at radius 3 is 3.07 bits per heavy atom. The molecule has 0 spiro atoms. The highest BCUT2D eigenvalue weighted by molar-refractivity contribution is 9.11. The maximum atomic E-state index is 11.2. The lowest BCUT2D eigenvalue weighted by Gasteiger charge is -2.06. The highest BCUT2D eigenvalue weighted by Gasteiger charge is 2.13. The number of aliphatic hydroxyl groups excluding tert-OH is 1. The van der Waals surface area contributed by atoms with Gasteiger partial charge in [0.05, 0.1) is 17.5 Å². The minimum Gasteiger partial charge on any atom is -0.507 e. The van der Waals surface area contributed by atoms with Crippen molar-refractivity contribution in [2.24, 2.45) is 5.92 Å². The van der Waals surface area contributed by atoms with Crippen molar-refractivity contribution in [3.63, 3.8) is 0 Å². The summed E-state index contributed by atoms with van der Waals surface area (Å²) in [5.74, 6) is -0.109. The third kappa shape index (κ3) is 3.91. The third-order valence-electron chi connectivity index (χ3n) is 1.93. The Labute approximate surface area is 97.3 Å². The Balaban J connectivity index is 2.62. The maximum absolute atomic E-state index is 11.2. The summed E-state index contributed by atoms with van der Waals surface area (Å²) in [6.45, 7) is 2.17. The van der Waals surface area contributed by atoms with Crippen molar-refractivity contribution in [1.29, 1.82) is 0 Å². The average molecular weight is 273 g/mol. The molecule has 1 atom stereocenters. The third-order valence-corrected chi connectivity index (χ3v) is 2.60. The zero-order chi connectivity index (χ0) is 11.3. The van der Waals surface area contributed by atoms with E-state index in [2.05, 4.69) is 15.9 Å². The van der Waals surface area contributed by atoms with Crippen LogP contribution in [0, 0.1) is 5.92 Å². The van der Waals surface area contributed by atoms with Crippen LogP contribution in [0.4, 0.5) is 0 Å². The van der Waals surface area contributed by atoms with Gasteiger partial charge in [0.2, 0.25) is 0 Å². The van der Waals surface area contributed by atoms with Gasteiger partial charge < -0.3 is 9.84 Å². The number of rotatable bonds is 3. The van der Waals surface area contributed by atoms with E-state index >= 15 is 0 Å². The first-order valence-corrected chi connectivity index (χ1v) is 5.53. The number of hydrogen-bond donors (Lipinski definition) is 1. The molecule has 0 fully saturated rings. The Morgan fingerprint density at radius 2 is 2.40 bits per heavy atom. The molecule has 3 nitrogen and oxygen atoms in total. The fourth-order valence-electron chi connectivity index (χ4n) is 1.24. The van der Waals surface area contributed by atoms with E-state index < -0.39 is 0 Å². The zero-order valence-electron chi connectivity index (χ0n) is 8.44. The first-order chi connectivity index (χ1) is 7.13. The topological polar surface area (TPSA) is 46.5 Å². The summed E-state index contributed by atoms with van der Waals surface area (Å²) >= 11 is 3.22. The van der Waals surface area contributed by atoms with Gasteiger partial charge in [-0.05, 0) is 28.9 Å². The molecule has 4 heteroatoms. The number of esters is 1. The summed E-state index contributed by atoms with van der Waals surface area (Å²) in [5, 5.41) is 9.39. The van der Waals surface area contributed by atoms with Gasteiger partial charge in [0.15, 0.2) is 0 Å². The van der Waals surface area contributed by atoms with Crippen LogP contribution in [0.5, 0.6) is 0 Å². The zero-order valence-corrected chi connectivity index (χ0v) is 10.0. The molecule has 82 valence electrons. The molecule has 1 rings (SSSR count). The largest absolute Gasteiger partial charge is 0.507 e. The Morgan fingerprint density at radius 1 is 1.67 bits per heavy atom. The summed E-state index contributed by atoms with van der Waals surface area (Å²) in [4.78, 5) is 11.2. The second-order valence-corrected chi connectivity index (χ2v) is 3.98. The highest BCUT2D eigenvalue weighted by Crippen LogP contribution is 2.23.